The molecule has 0 aromatic heterocycles. The van der Waals surface area contributed by atoms with Crippen LogP contribution in [-0.2, 0) is 6.42 Å². The molecule has 1 aliphatic rings. The van der Waals surface area contributed by atoms with Crippen molar-refractivity contribution in [3.8, 4) is 5.75 Å². The van der Waals surface area contributed by atoms with Crippen LogP contribution < -0.4 is 5.73 Å². The van der Waals surface area contributed by atoms with Crippen LogP contribution in [0, 0.1) is 0 Å². The third kappa shape index (κ3) is 1.45. The van der Waals surface area contributed by atoms with Crippen molar-refractivity contribution < 1.29 is 5.11 Å². The van der Waals surface area contributed by atoms with Gasteiger partial charge in [-0.3, -0.25) is 0 Å². The Labute approximate surface area is 77.7 Å². The van der Waals surface area contributed by atoms with E-state index >= 15 is 0 Å². The Morgan fingerprint density at radius 2 is 2.23 bits per heavy atom. The molecule has 0 amide bonds. The fourth-order valence-electron chi connectivity index (χ4n) is 1.79. The number of phenolic OH excluding ortho intramolecular Hbond substituents is 1. The molecule has 0 atom stereocenters. The first-order chi connectivity index (χ1) is 6.31. The highest BCUT2D eigenvalue weighted by molar-refractivity contribution is 5.72. The van der Waals surface area contributed by atoms with E-state index in [9.17, 15) is 5.11 Å². The van der Waals surface area contributed by atoms with Crippen molar-refractivity contribution in [3.63, 3.8) is 0 Å². The van der Waals surface area contributed by atoms with Crippen molar-refractivity contribution in [2.24, 2.45) is 5.73 Å². The van der Waals surface area contributed by atoms with E-state index in [2.05, 4.69) is 6.08 Å². The molecule has 2 heteroatoms. The summed E-state index contributed by atoms with van der Waals surface area (Å²) in [6.07, 6.45) is 4.27. The summed E-state index contributed by atoms with van der Waals surface area (Å²) in [6, 6.07) is 5.51. The fraction of sp³-hybridized carbons (Fsp3) is 0.273. The Balaban J connectivity index is 2.51. The lowest BCUT2D eigenvalue weighted by Gasteiger charge is -2.16. The smallest absolute Gasteiger partial charge is 0.116 e. The van der Waals surface area contributed by atoms with Gasteiger partial charge >= 0.3 is 0 Å². The zero-order chi connectivity index (χ0) is 9.26. The quantitative estimate of drug-likeness (QED) is 0.682. The lowest BCUT2D eigenvalue weighted by atomic mass is 9.91. The number of benzene rings is 1. The molecule has 1 aromatic rings. The van der Waals surface area contributed by atoms with Crippen LogP contribution in [0.25, 0.3) is 5.57 Å². The first kappa shape index (κ1) is 8.32. The summed E-state index contributed by atoms with van der Waals surface area (Å²) in [5.41, 5.74) is 9.18. The van der Waals surface area contributed by atoms with Gasteiger partial charge < -0.3 is 10.8 Å². The molecule has 13 heavy (non-hydrogen) atoms. The first-order valence-electron chi connectivity index (χ1n) is 4.52. The van der Waals surface area contributed by atoms with Crippen LogP contribution in [0.5, 0.6) is 5.75 Å². The second-order valence-electron chi connectivity index (χ2n) is 3.31. The Hall–Kier alpha value is -1.28. The summed E-state index contributed by atoms with van der Waals surface area (Å²) < 4.78 is 0. The van der Waals surface area contributed by atoms with Gasteiger partial charge in [0.1, 0.15) is 5.75 Å². The van der Waals surface area contributed by atoms with Gasteiger partial charge in [0.2, 0.25) is 0 Å². The summed E-state index contributed by atoms with van der Waals surface area (Å²) in [7, 11) is 0. The van der Waals surface area contributed by atoms with Crippen molar-refractivity contribution in [1.29, 1.82) is 0 Å². The minimum atomic E-state index is 0.319. The molecule has 2 nitrogen and oxygen atoms in total. The highest BCUT2D eigenvalue weighted by Gasteiger charge is 2.11. The largest absolute Gasteiger partial charge is 0.508 e. The average molecular weight is 175 g/mol. The second-order valence-corrected chi connectivity index (χ2v) is 3.31. The van der Waals surface area contributed by atoms with E-state index in [0.717, 1.165) is 24.0 Å². The number of hydrogen-bond acceptors (Lipinski definition) is 2. The lowest BCUT2D eigenvalue weighted by molar-refractivity contribution is 0.475. The van der Waals surface area contributed by atoms with Crippen LogP contribution in [0.15, 0.2) is 24.3 Å². The molecule has 2 rings (SSSR count). The molecule has 68 valence electrons. The topological polar surface area (TPSA) is 46.2 Å². The number of phenols is 1. The summed E-state index contributed by atoms with van der Waals surface area (Å²) in [6.45, 7) is 0.552. The summed E-state index contributed by atoms with van der Waals surface area (Å²) in [5.74, 6) is 0.319. The Morgan fingerprint density at radius 3 is 3.00 bits per heavy atom. The highest BCUT2D eigenvalue weighted by Crippen LogP contribution is 2.28. The summed E-state index contributed by atoms with van der Waals surface area (Å²) >= 11 is 0. The van der Waals surface area contributed by atoms with E-state index in [-0.39, 0.29) is 0 Å². The van der Waals surface area contributed by atoms with Crippen molar-refractivity contribution >= 4 is 5.57 Å². The maximum atomic E-state index is 9.33. The lowest BCUT2D eigenvalue weighted by Crippen LogP contribution is -2.08. The van der Waals surface area contributed by atoms with Crippen molar-refractivity contribution in [1.82, 2.24) is 0 Å². The molecule has 1 aliphatic carbocycles. The number of aryl methyl sites for hydroxylation is 1. The molecule has 0 unspecified atom stereocenters. The predicted octanol–water partition coefficient (Wildman–Crippen LogP) is 1.68. The summed E-state index contributed by atoms with van der Waals surface area (Å²) in [4.78, 5) is 0. The molecule has 0 saturated heterocycles. The van der Waals surface area contributed by atoms with E-state index < -0.39 is 0 Å². The van der Waals surface area contributed by atoms with Crippen LogP contribution in [-0.4, -0.2) is 11.7 Å². The number of aromatic hydroxyl groups is 1. The van der Waals surface area contributed by atoms with Crippen LogP contribution in [0.3, 0.4) is 0 Å². The van der Waals surface area contributed by atoms with Crippen molar-refractivity contribution in [2.45, 2.75) is 12.8 Å². The van der Waals surface area contributed by atoms with Gasteiger partial charge in [-0.2, -0.15) is 0 Å². The minimum Gasteiger partial charge on any atom is -0.508 e. The van der Waals surface area contributed by atoms with E-state index in [4.69, 9.17) is 5.73 Å². The van der Waals surface area contributed by atoms with Crippen LogP contribution in [0.1, 0.15) is 17.5 Å². The number of nitrogens with two attached hydrogens (primary N) is 1. The number of allylic oxidation sites excluding steroid dienone is 1. The third-order valence-electron chi connectivity index (χ3n) is 2.46. The highest BCUT2D eigenvalue weighted by atomic mass is 16.3. The normalized spacial score (nSPS) is 15.0. The predicted molar refractivity (Wildman–Crippen MR) is 53.5 cm³/mol. The summed E-state index contributed by atoms with van der Waals surface area (Å²) in [5, 5.41) is 9.33. The number of rotatable bonds is 1. The van der Waals surface area contributed by atoms with E-state index in [1.54, 1.807) is 12.1 Å². The molecule has 0 saturated carbocycles. The molecule has 3 N–H and O–H groups in total. The molecule has 1 aromatic carbocycles. The van der Waals surface area contributed by atoms with Gasteiger partial charge in [-0.05, 0) is 41.7 Å². The third-order valence-corrected chi connectivity index (χ3v) is 2.46. The van der Waals surface area contributed by atoms with Gasteiger partial charge in [0.15, 0.2) is 0 Å². The maximum absolute atomic E-state index is 9.33. The van der Waals surface area contributed by atoms with E-state index in [1.165, 1.54) is 5.56 Å². The van der Waals surface area contributed by atoms with Crippen LogP contribution in [0.4, 0.5) is 0 Å². The van der Waals surface area contributed by atoms with Crippen molar-refractivity contribution in [3.05, 3.63) is 35.4 Å². The Kier molecular flexibility index (Phi) is 2.07. The van der Waals surface area contributed by atoms with Gasteiger partial charge in [-0.1, -0.05) is 12.1 Å². The second kappa shape index (κ2) is 3.23. The maximum Gasteiger partial charge on any atom is 0.116 e. The monoisotopic (exact) mass is 175 g/mol. The van der Waals surface area contributed by atoms with Gasteiger partial charge in [0.25, 0.3) is 0 Å². The zero-order valence-corrected chi connectivity index (χ0v) is 7.46. The molecular formula is C11H13NO. The van der Waals surface area contributed by atoms with Gasteiger partial charge in [0, 0.05) is 6.54 Å². The minimum absolute atomic E-state index is 0.319. The molecule has 0 aliphatic heterocycles. The van der Waals surface area contributed by atoms with Gasteiger partial charge in [-0.25, -0.2) is 0 Å². The standard InChI is InChI=1S/C11H13NO/c12-7-9-3-1-2-8-4-5-10(13)6-11(8)9/h3-6,13H,1-2,7,12H2. The molecule has 0 spiro atoms. The fourth-order valence-corrected chi connectivity index (χ4v) is 1.79. The molecule has 0 radical (unpaired) electrons. The SMILES string of the molecule is NCC1=CCCc2ccc(O)cc21. The van der Waals surface area contributed by atoms with E-state index in [1.807, 2.05) is 6.07 Å². The first-order valence-corrected chi connectivity index (χ1v) is 4.52. The van der Waals surface area contributed by atoms with E-state index in [0.29, 0.717) is 12.3 Å². The van der Waals surface area contributed by atoms with Crippen molar-refractivity contribution in [2.75, 3.05) is 6.54 Å². The molecular weight excluding hydrogens is 162 g/mol. The van der Waals surface area contributed by atoms with Crippen LogP contribution in [0.2, 0.25) is 0 Å². The Morgan fingerprint density at radius 1 is 1.38 bits per heavy atom. The molecule has 0 fully saturated rings. The van der Waals surface area contributed by atoms with Gasteiger partial charge in [-0.15, -0.1) is 0 Å². The number of hydrogen-bond donors (Lipinski definition) is 2. The Bertz CT molecular complexity index is 355. The molecule has 0 heterocycles. The number of fused-ring (bicyclic) bond motifs is 1. The zero-order valence-electron chi connectivity index (χ0n) is 7.46. The van der Waals surface area contributed by atoms with Crippen LogP contribution >= 0.6 is 0 Å². The molecule has 0 bridgehead atoms. The van der Waals surface area contributed by atoms with Gasteiger partial charge in [0.05, 0.1) is 0 Å². The average Bonchev–Trinajstić information content (AvgIpc) is 2.17.